The molecule has 5 nitrogen and oxygen atoms in total. The highest BCUT2D eigenvalue weighted by Gasteiger charge is 2.40. The number of aryl methyl sites for hydroxylation is 2. The van der Waals surface area contributed by atoms with E-state index in [1.54, 1.807) is 0 Å². The number of hydrogen-bond acceptors (Lipinski definition) is 4. The first-order valence-corrected chi connectivity index (χ1v) is 9.92. The summed E-state index contributed by atoms with van der Waals surface area (Å²) < 4.78 is 5.69. The Hall–Kier alpha value is -3.08. The van der Waals surface area contributed by atoms with E-state index in [0.29, 0.717) is 16.8 Å². The van der Waals surface area contributed by atoms with E-state index in [9.17, 15) is 9.59 Å². The normalized spacial score (nSPS) is 14.4. The van der Waals surface area contributed by atoms with Crippen LogP contribution in [0.1, 0.15) is 44.4 Å². The van der Waals surface area contributed by atoms with Crippen LogP contribution in [0.2, 0.25) is 0 Å². The molecule has 1 N–H and O–H groups in total. The van der Waals surface area contributed by atoms with Gasteiger partial charge >= 0.3 is 0 Å². The van der Waals surface area contributed by atoms with E-state index in [1.165, 1.54) is 4.90 Å². The first-order chi connectivity index (χ1) is 13.7. The quantitative estimate of drug-likeness (QED) is 0.725. The van der Waals surface area contributed by atoms with Crippen LogP contribution in [0.5, 0.6) is 5.75 Å². The van der Waals surface area contributed by atoms with Gasteiger partial charge in [-0.1, -0.05) is 29.8 Å². The van der Waals surface area contributed by atoms with E-state index in [4.69, 9.17) is 4.74 Å². The van der Waals surface area contributed by atoms with E-state index < -0.39 is 0 Å². The first-order valence-electron chi connectivity index (χ1n) is 9.92. The molecule has 5 heteroatoms. The Labute approximate surface area is 172 Å². The van der Waals surface area contributed by atoms with Crippen LogP contribution in [0.25, 0.3) is 5.57 Å². The Kier molecular flexibility index (Phi) is 5.78. The number of hydrogen-bond donors (Lipinski definition) is 1. The number of carbonyl (C=O) groups is 2. The van der Waals surface area contributed by atoms with Crippen molar-refractivity contribution in [1.29, 1.82) is 0 Å². The molecule has 29 heavy (non-hydrogen) atoms. The van der Waals surface area contributed by atoms with Gasteiger partial charge < -0.3 is 10.1 Å². The lowest BCUT2D eigenvalue weighted by molar-refractivity contribution is -0.138. The zero-order valence-electron chi connectivity index (χ0n) is 17.9. The van der Waals surface area contributed by atoms with Gasteiger partial charge in [-0.3, -0.25) is 14.5 Å². The summed E-state index contributed by atoms with van der Waals surface area (Å²) in [7, 11) is 0. The summed E-state index contributed by atoms with van der Waals surface area (Å²) in [6.45, 7) is 11.6. The molecule has 2 aromatic rings. The minimum Gasteiger partial charge on any atom is -0.491 e. The van der Waals surface area contributed by atoms with E-state index in [0.717, 1.165) is 22.6 Å². The third-order valence-electron chi connectivity index (χ3n) is 4.79. The van der Waals surface area contributed by atoms with Gasteiger partial charge in [-0.05, 0) is 70.9 Å². The highest BCUT2D eigenvalue weighted by Crippen LogP contribution is 2.33. The smallest absolute Gasteiger partial charge is 0.278 e. The van der Waals surface area contributed by atoms with Gasteiger partial charge in [0.1, 0.15) is 11.4 Å². The van der Waals surface area contributed by atoms with E-state index >= 15 is 0 Å². The van der Waals surface area contributed by atoms with E-state index in [-0.39, 0.29) is 24.0 Å². The number of nitrogens with zero attached hydrogens (tertiary/aromatic N) is 1. The molecule has 0 unspecified atom stereocenters. The molecule has 0 spiro atoms. The zero-order chi connectivity index (χ0) is 21.3. The van der Waals surface area contributed by atoms with Crippen molar-refractivity contribution in [2.45, 2.75) is 53.7 Å². The average molecular weight is 392 g/mol. The van der Waals surface area contributed by atoms with E-state index in [1.807, 2.05) is 84.0 Å². The van der Waals surface area contributed by atoms with Crippen LogP contribution in [0, 0.1) is 13.8 Å². The molecule has 152 valence electrons. The minimum absolute atomic E-state index is 0.0629. The predicted octanol–water partition coefficient (Wildman–Crippen LogP) is 4.69. The summed E-state index contributed by atoms with van der Waals surface area (Å²) >= 11 is 0. The molecule has 1 aliphatic rings. The maximum absolute atomic E-state index is 13.1. The molecular formula is C24H28N2O3. The minimum atomic E-state index is -0.303. The molecule has 0 aliphatic carbocycles. The van der Waals surface area contributed by atoms with Gasteiger partial charge in [-0.15, -0.1) is 0 Å². The Bertz CT molecular complexity index is 972. The van der Waals surface area contributed by atoms with Crippen molar-refractivity contribution >= 4 is 23.1 Å². The second kappa shape index (κ2) is 8.11. The summed E-state index contributed by atoms with van der Waals surface area (Å²) in [5.74, 6) is 0.142. The molecule has 0 atom stereocenters. The van der Waals surface area contributed by atoms with Gasteiger partial charge in [0.25, 0.3) is 11.8 Å². The first kappa shape index (κ1) is 20.6. The molecule has 0 aromatic heterocycles. The maximum atomic E-state index is 13.1. The van der Waals surface area contributed by atoms with Crippen molar-refractivity contribution in [1.82, 2.24) is 4.90 Å². The zero-order valence-corrected chi connectivity index (χ0v) is 17.9. The van der Waals surface area contributed by atoms with Crippen LogP contribution < -0.4 is 10.1 Å². The molecule has 1 heterocycles. The summed E-state index contributed by atoms with van der Waals surface area (Å²) in [5, 5.41) is 3.23. The summed E-state index contributed by atoms with van der Waals surface area (Å²) in [4.78, 5) is 27.5. The third-order valence-corrected chi connectivity index (χ3v) is 4.79. The van der Waals surface area contributed by atoms with Gasteiger partial charge in [-0.2, -0.15) is 0 Å². The van der Waals surface area contributed by atoms with Gasteiger partial charge in [0.2, 0.25) is 0 Å². The number of ether oxygens (including phenoxy) is 1. The fourth-order valence-corrected chi connectivity index (χ4v) is 3.46. The van der Waals surface area contributed by atoms with Gasteiger partial charge in [0.05, 0.1) is 11.7 Å². The van der Waals surface area contributed by atoms with Crippen LogP contribution in [0.15, 0.2) is 48.2 Å². The van der Waals surface area contributed by atoms with Crippen molar-refractivity contribution in [2.75, 3.05) is 5.32 Å². The monoisotopic (exact) mass is 392 g/mol. The highest BCUT2D eigenvalue weighted by molar-refractivity contribution is 6.36. The number of benzene rings is 2. The topological polar surface area (TPSA) is 58.6 Å². The molecule has 0 bridgehead atoms. The van der Waals surface area contributed by atoms with Gasteiger partial charge in [0.15, 0.2) is 0 Å². The number of anilines is 1. The number of amides is 2. The van der Waals surface area contributed by atoms with Crippen molar-refractivity contribution in [3.8, 4) is 5.75 Å². The standard InChI is InChI=1S/C24H28N2O3/c1-14(2)26-23(27)21(18-8-10-19(11-9-18)29-15(3)4)22(24(26)28)25-20-12-7-16(5)13-17(20)6/h7-15,25H,1-6H3. The molecule has 0 radical (unpaired) electrons. The van der Waals surface area contributed by atoms with Crippen molar-refractivity contribution < 1.29 is 14.3 Å². The fraction of sp³-hybridized carbons (Fsp3) is 0.333. The molecule has 0 saturated heterocycles. The second-order valence-electron chi connectivity index (χ2n) is 7.96. The predicted molar refractivity (Wildman–Crippen MR) is 116 cm³/mol. The summed E-state index contributed by atoms with van der Waals surface area (Å²) in [5.41, 5.74) is 4.36. The molecule has 0 saturated carbocycles. The number of rotatable bonds is 6. The second-order valence-corrected chi connectivity index (χ2v) is 7.96. The average Bonchev–Trinajstić information content (AvgIpc) is 2.88. The van der Waals surface area contributed by atoms with Crippen LogP contribution in [-0.2, 0) is 9.59 Å². The molecular weight excluding hydrogens is 364 g/mol. The Morgan fingerprint density at radius 3 is 2.10 bits per heavy atom. The SMILES string of the molecule is Cc1ccc(NC2=C(c3ccc(OC(C)C)cc3)C(=O)N(C(C)C)C2=O)c(C)c1. The Morgan fingerprint density at radius 2 is 1.55 bits per heavy atom. The number of nitrogens with one attached hydrogen (secondary N) is 1. The number of imide groups is 1. The van der Waals surface area contributed by atoms with Crippen LogP contribution >= 0.6 is 0 Å². The lowest BCUT2D eigenvalue weighted by Crippen LogP contribution is -2.38. The molecule has 2 aromatic carbocycles. The summed E-state index contributed by atoms with van der Waals surface area (Å²) in [6.07, 6.45) is 0.0629. The Morgan fingerprint density at radius 1 is 0.897 bits per heavy atom. The lowest BCUT2D eigenvalue weighted by Gasteiger charge is -2.19. The van der Waals surface area contributed by atoms with Crippen molar-refractivity contribution in [2.24, 2.45) is 0 Å². The lowest BCUT2D eigenvalue weighted by atomic mass is 10.0. The molecule has 2 amide bonds. The van der Waals surface area contributed by atoms with Crippen LogP contribution in [0.4, 0.5) is 5.69 Å². The maximum Gasteiger partial charge on any atom is 0.278 e. The third kappa shape index (κ3) is 4.19. The largest absolute Gasteiger partial charge is 0.491 e. The Balaban J connectivity index is 2.06. The summed E-state index contributed by atoms with van der Waals surface area (Å²) in [6, 6.07) is 13.0. The fourth-order valence-electron chi connectivity index (χ4n) is 3.46. The molecule has 3 rings (SSSR count). The van der Waals surface area contributed by atoms with Gasteiger partial charge in [0, 0.05) is 11.7 Å². The van der Waals surface area contributed by atoms with Crippen LogP contribution in [0.3, 0.4) is 0 Å². The molecule has 1 aliphatic heterocycles. The van der Waals surface area contributed by atoms with Crippen LogP contribution in [-0.4, -0.2) is 28.9 Å². The van der Waals surface area contributed by atoms with Crippen molar-refractivity contribution in [3.05, 3.63) is 64.9 Å². The van der Waals surface area contributed by atoms with Crippen molar-refractivity contribution in [3.63, 3.8) is 0 Å². The highest BCUT2D eigenvalue weighted by atomic mass is 16.5. The van der Waals surface area contributed by atoms with Gasteiger partial charge in [-0.25, -0.2) is 0 Å². The molecule has 0 fully saturated rings. The number of carbonyl (C=O) groups excluding carboxylic acids is 2. The van der Waals surface area contributed by atoms with E-state index in [2.05, 4.69) is 5.32 Å².